The molecule has 0 saturated heterocycles. The Balaban J connectivity index is 1.89. The Bertz CT molecular complexity index is 1290. The number of para-hydroxylation sites is 2. The summed E-state index contributed by atoms with van der Waals surface area (Å²) in [4.78, 5) is 34.6. The van der Waals surface area contributed by atoms with E-state index in [1.165, 1.54) is 48.5 Å². The second kappa shape index (κ2) is 10.6. The van der Waals surface area contributed by atoms with E-state index in [1.807, 2.05) is 0 Å². The van der Waals surface area contributed by atoms with E-state index in [4.69, 9.17) is 4.74 Å². The molecule has 0 fully saturated rings. The smallest absolute Gasteiger partial charge is 0.338 e. The van der Waals surface area contributed by atoms with E-state index >= 15 is 0 Å². The van der Waals surface area contributed by atoms with Crippen molar-refractivity contribution >= 4 is 39.0 Å². The predicted octanol–water partition coefficient (Wildman–Crippen LogP) is 3.61. The molecule has 11 heteroatoms. The average molecular weight is 484 g/mol. The lowest BCUT2D eigenvalue weighted by molar-refractivity contribution is -0.387. The standard InChI is InChI=1S/C23H21N3O7S/c1-2-33-23(28)17-12-14-18(15-13-17)24-22(27)16-25(19-8-4-3-5-9-19)34(31,32)21-11-7-6-10-20(21)26(29)30/h3-15H,2,16H2,1H3,(H,24,27). The molecule has 0 heterocycles. The molecule has 0 aliphatic rings. The second-order valence-corrected chi connectivity index (χ2v) is 8.75. The van der Waals surface area contributed by atoms with E-state index in [1.54, 1.807) is 25.1 Å². The van der Waals surface area contributed by atoms with Gasteiger partial charge in [0.2, 0.25) is 5.91 Å². The van der Waals surface area contributed by atoms with Gasteiger partial charge in [-0.1, -0.05) is 30.3 Å². The van der Waals surface area contributed by atoms with Crippen LogP contribution in [0, 0.1) is 10.1 Å². The summed E-state index contributed by atoms with van der Waals surface area (Å²) in [5, 5.41) is 14.0. The van der Waals surface area contributed by atoms with Gasteiger partial charge < -0.3 is 10.1 Å². The normalized spacial score (nSPS) is 10.9. The largest absolute Gasteiger partial charge is 0.462 e. The van der Waals surface area contributed by atoms with E-state index in [9.17, 15) is 28.1 Å². The minimum Gasteiger partial charge on any atom is -0.462 e. The van der Waals surface area contributed by atoms with Crippen LogP contribution < -0.4 is 9.62 Å². The quantitative estimate of drug-likeness (QED) is 0.279. The van der Waals surface area contributed by atoms with Gasteiger partial charge >= 0.3 is 5.97 Å². The average Bonchev–Trinajstić information content (AvgIpc) is 2.83. The molecule has 0 spiro atoms. The molecule has 176 valence electrons. The van der Waals surface area contributed by atoms with Crippen molar-refractivity contribution in [2.75, 3.05) is 22.8 Å². The SMILES string of the molecule is CCOC(=O)c1ccc(NC(=O)CN(c2ccccc2)S(=O)(=O)c2ccccc2[N+](=O)[O-])cc1. The van der Waals surface area contributed by atoms with Crippen LogP contribution in [0.5, 0.6) is 0 Å². The van der Waals surface area contributed by atoms with Crippen molar-refractivity contribution < 1.29 is 27.7 Å². The summed E-state index contributed by atoms with van der Waals surface area (Å²) in [6.07, 6.45) is 0. The van der Waals surface area contributed by atoms with Gasteiger partial charge in [-0.05, 0) is 49.4 Å². The highest BCUT2D eigenvalue weighted by Gasteiger charge is 2.33. The maximum absolute atomic E-state index is 13.4. The van der Waals surface area contributed by atoms with Crippen molar-refractivity contribution in [1.82, 2.24) is 0 Å². The van der Waals surface area contributed by atoms with Crippen LogP contribution in [0.2, 0.25) is 0 Å². The molecule has 1 amide bonds. The second-order valence-electron chi connectivity index (χ2n) is 6.92. The highest BCUT2D eigenvalue weighted by atomic mass is 32.2. The van der Waals surface area contributed by atoms with E-state index in [0.717, 1.165) is 16.4 Å². The number of nitro groups is 1. The maximum atomic E-state index is 13.4. The molecule has 0 atom stereocenters. The number of amides is 1. The number of benzene rings is 3. The lowest BCUT2D eigenvalue weighted by Gasteiger charge is -2.24. The molecule has 1 N–H and O–H groups in total. The zero-order valence-corrected chi connectivity index (χ0v) is 18.9. The van der Waals surface area contributed by atoms with E-state index in [2.05, 4.69) is 5.32 Å². The van der Waals surface area contributed by atoms with Gasteiger partial charge in [0.25, 0.3) is 15.7 Å². The number of carbonyl (C=O) groups excluding carboxylic acids is 2. The van der Waals surface area contributed by atoms with Gasteiger partial charge in [-0.3, -0.25) is 19.2 Å². The summed E-state index contributed by atoms with van der Waals surface area (Å²) in [6.45, 7) is 1.27. The van der Waals surface area contributed by atoms with Crippen molar-refractivity contribution in [2.24, 2.45) is 0 Å². The third-order valence-corrected chi connectivity index (χ3v) is 6.46. The number of ether oxygens (including phenoxy) is 1. The Morgan fingerprint density at radius 1 is 0.971 bits per heavy atom. The number of nitrogens with one attached hydrogen (secondary N) is 1. The first-order chi connectivity index (χ1) is 16.2. The van der Waals surface area contributed by atoms with Gasteiger partial charge in [-0.25, -0.2) is 13.2 Å². The van der Waals surface area contributed by atoms with Crippen LogP contribution in [-0.4, -0.2) is 38.4 Å². The van der Waals surface area contributed by atoms with Crippen molar-refractivity contribution in [2.45, 2.75) is 11.8 Å². The van der Waals surface area contributed by atoms with Gasteiger partial charge in [0.1, 0.15) is 6.54 Å². The van der Waals surface area contributed by atoms with Crippen molar-refractivity contribution in [3.05, 3.63) is 94.5 Å². The van der Waals surface area contributed by atoms with E-state index in [0.29, 0.717) is 11.3 Å². The Hall–Kier alpha value is -4.25. The summed E-state index contributed by atoms with van der Waals surface area (Å²) in [7, 11) is -4.47. The number of nitrogens with zero attached hydrogens (tertiary/aromatic N) is 2. The van der Waals surface area contributed by atoms with Crippen molar-refractivity contribution in [3.8, 4) is 0 Å². The maximum Gasteiger partial charge on any atom is 0.338 e. The highest BCUT2D eigenvalue weighted by Crippen LogP contribution is 2.29. The highest BCUT2D eigenvalue weighted by molar-refractivity contribution is 7.93. The number of hydrogen-bond donors (Lipinski definition) is 1. The summed E-state index contributed by atoms with van der Waals surface area (Å²) in [5.74, 6) is -1.19. The third-order valence-electron chi connectivity index (χ3n) is 4.64. The minimum absolute atomic E-state index is 0.161. The van der Waals surface area contributed by atoms with Gasteiger partial charge in [0.15, 0.2) is 4.90 Å². The zero-order valence-electron chi connectivity index (χ0n) is 18.1. The fourth-order valence-corrected chi connectivity index (χ4v) is 4.67. The van der Waals surface area contributed by atoms with Crippen LogP contribution in [0.1, 0.15) is 17.3 Å². The van der Waals surface area contributed by atoms with Crippen molar-refractivity contribution in [1.29, 1.82) is 0 Å². The molecule has 0 radical (unpaired) electrons. The topological polar surface area (TPSA) is 136 Å². The van der Waals surface area contributed by atoms with Crippen LogP contribution in [0.25, 0.3) is 0 Å². The summed E-state index contributed by atoms with van der Waals surface area (Å²) >= 11 is 0. The van der Waals surface area contributed by atoms with Crippen LogP contribution in [0.15, 0.2) is 83.8 Å². The van der Waals surface area contributed by atoms with Crippen LogP contribution >= 0.6 is 0 Å². The van der Waals surface area contributed by atoms with Gasteiger partial charge in [0, 0.05) is 11.8 Å². The number of sulfonamides is 1. The number of anilines is 2. The first-order valence-electron chi connectivity index (χ1n) is 10.1. The fourth-order valence-electron chi connectivity index (χ4n) is 3.09. The van der Waals surface area contributed by atoms with Crippen molar-refractivity contribution in [3.63, 3.8) is 0 Å². The lowest BCUT2D eigenvalue weighted by Crippen LogP contribution is -2.38. The van der Waals surface area contributed by atoms with Crippen LogP contribution in [0.4, 0.5) is 17.1 Å². The molecular weight excluding hydrogens is 462 g/mol. The Kier molecular flexibility index (Phi) is 7.59. The molecule has 3 rings (SSSR count). The number of rotatable bonds is 9. The number of esters is 1. The van der Waals surface area contributed by atoms with Gasteiger partial charge in [0.05, 0.1) is 22.8 Å². The summed E-state index contributed by atoms with van der Waals surface area (Å²) < 4.78 is 32.5. The van der Waals surface area contributed by atoms with E-state index in [-0.39, 0.29) is 12.3 Å². The number of hydrogen-bond acceptors (Lipinski definition) is 7. The molecular formula is C23H21N3O7S. The molecule has 0 aliphatic carbocycles. The zero-order chi connectivity index (χ0) is 24.7. The first-order valence-corrected chi connectivity index (χ1v) is 11.6. The first kappa shape index (κ1) is 24.4. The third kappa shape index (κ3) is 5.56. The Morgan fingerprint density at radius 2 is 1.59 bits per heavy atom. The molecule has 0 aromatic heterocycles. The van der Waals surface area contributed by atoms with E-state index < -0.39 is 44.0 Å². The molecule has 3 aromatic carbocycles. The Labute approximate surface area is 196 Å². The number of nitro benzene ring substituents is 1. The van der Waals surface area contributed by atoms with Gasteiger partial charge in [-0.15, -0.1) is 0 Å². The lowest BCUT2D eigenvalue weighted by atomic mass is 10.2. The predicted molar refractivity (Wildman–Crippen MR) is 125 cm³/mol. The summed E-state index contributed by atoms with van der Waals surface area (Å²) in [6, 6.07) is 18.6. The number of carbonyl (C=O) groups is 2. The van der Waals surface area contributed by atoms with Crippen LogP contribution in [0.3, 0.4) is 0 Å². The monoisotopic (exact) mass is 483 g/mol. The molecule has 10 nitrogen and oxygen atoms in total. The molecule has 3 aromatic rings. The summed E-state index contributed by atoms with van der Waals surface area (Å²) in [5.41, 5.74) is 0.186. The Morgan fingerprint density at radius 3 is 2.21 bits per heavy atom. The van der Waals surface area contributed by atoms with Gasteiger partial charge in [-0.2, -0.15) is 0 Å². The molecule has 34 heavy (non-hydrogen) atoms. The minimum atomic E-state index is -4.47. The van der Waals surface area contributed by atoms with Crippen LogP contribution in [-0.2, 0) is 19.6 Å². The molecule has 0 aliphatic heterocycles. The fraction of sp³-hybridized carbons (Fsp3) is 0.130. The molecule has 0 unspecified atom stereocenters. The molecule has 0 saturated carbocycles. The molecule has 0 bridgehead atoms.